The summed E-state index contributed by atoms with van der Waals surface area (Å²) >= 11 is 0. The first-order valence-corrected chi connectivity index (χ1v) is 6.34. The average molecular weight is 273 g/mol. The minimum atomic E-state index is -1.34. The van der Waals surface area contributed by atoms with E-state index in [0.29, 0.717) is 0 Å². The molecule has 1 rings (SSSR count). The molecule has 0 aromatic rings. The molecule has 1 aliphatic rings. The summed E-state index contributed by atoms with van der Waals surface area (Å²) in [5.74, 6) is -1.13. The first-order chi connectivity index (χ1) is 8.65. The van der Waals surface area contributed by atoms with Crippen molar-refractivity contribution in [3.05, 3.63) is 0 Å². The summed E-state index contributed by atoms with van der Waals surface area (Å²) in [4.78, 5) is 24.9. The molecule has 0 saturated heterocycles. The van der Waals surface area contributed by atoms with Crippen LogP contribution >= 0.6 is 0 Å². The molecule has 110 valence electrons. The molecular weight excluding hydrogens is 250 g/mol. The molecule has 0 radical (unpaired) electrons. The number of nitrogens with zero attached hydrogens (tertiary/aromatic N) is 1. The van der Waals surface area contributed by atoms with E-state index in [1.807, 2.05) is 0 Å². The van der Waals surface area contributed by atoms with Gasteiger partial charge in [0.1, 0.15) is 5.60 Å². The molecule has 0 aromatic heterocycles. The molecule has 6 heteroatoms. The molecule has 1 unspecified atom stereocenters. The summed E-state index contributed by atoms with van der Waals surface area (Å²) in [5.41, 5.74) is -2.00. The number of carbonyl (C=O) groups excluding carboxylic acids is 1. The molecule has 1 atom stereocenters. The van der Waals surface area contributed by atoms with E-state index in [2.05, 4.69) is 0 Å². The van der Waals surface area contributed by atoms with E-state index >= 15 is 0 Å². The average Bonchev–Trinajstić information content (AvgIpc) is 3.06. The van der Waals surface area contributed by atoms with Crippen molar-refractivity contribution in [2.75, 3.05) is 20.8 Å². The summed E-state index contributed by atoms with van der Waals surface area (Å²) in [7, 11) is 2.89. The van der Waals surface area contributed by atoms with Crippen molar-refractivity contribution < 1.29 is 24.2 Å². The highest BCUT2D eigenvalue weighted by Crippen LogP contribution is 2.43. The van der Waals surface area contributed by atoms with E-state index in [9.17, 15) is 14.7 Å². The lowest BCUT2D eigenvalue weighted by atomic mass is 9.92. The Morgan fingerprint density at radius 2 is 1.84 bits per heavy atom. The number of rotatable bonds is 5. The van der Waals surface area contributed by atoms with E-state index < -0.39 is 23.2 Å². The van der Waals surface area contributed by atoms with Crippen LogP contribution in [0.15, 0.2) is 0 Å². The van der Waals surface area contributed by atoms with Gasteiger partial charge in [0.2, 0.25) is 0 Å². The molecule has 0 heterocycles. The van der Waals surface area contributed by atoms with Gasteiger partial charge in [0.05, 0.1) is 6.61 Å². The molecular formula is C13H23NO5. The summed E-state index contributed by atoms with van der Waals surface area (Å²) in [5, 5.41) is 9.55. The van der Waals surface area contributed by atoms with Gasteiger partial charge in [-0.2, -0.15) is 0 Å². The van der Waals surface area contributed by atoms with Crippen LogP contribution < -0.4 is 0 Å². The molecule has 0 aliphatic heterocycles. The van der Waals surface area contributed by atoms with Crippen molar-refractivity contribution in [2.45, 2.75) is 44.8 Å². The fourth-order valence-electron chi connectivity index (χ4n) is 2.14. The molecule has 1 fully saturated rings. The highest BCUT2D eigenvalue weighted by molar-refractivity contribution is 5.85. The monoisotopic (exact) mass is 273 g/mol. The van der Waals surface area contributed by atoms with Gasteiger partial charge in [0.25, 0.3) is 0 Å². The Morgan fingerprint density at radius 3 is 2.16 bits per heavy atom. The third-order valence-corrected chi connectivity index (χ3v) is 3.25. The topological polar surface area (TPSA) is 76.1 Å². The second-order valence-electron chi connectivity index (χ2n) is 5.98. The molecule has 19 heavy (non-hydrogen) atoms. The van der Waals surface area contributed by atoms with Gasteiger partial charge in [-0.15, -0.1) is 0 Å². The predicted octanol–water partition coefficient (Wildman–Crippen LogP) is 1.73. The van der Waals surface area contributed by atoms with Crippen LogP contribution in [-0.4, -0.2) is 54.0 Å². The van der Waals surface area contributed by atoms with Crippen LogP contribution in [0.2, 0.25) is 0 Å². The molecule has 1 amide bonds. The summed E-state index contributed by atoms with van der Waals surface area (Å²) in [6.45, 7) is 5.20. The quantitative estimate of drug-likeness (QED) is 0.825. The smallest absolute Gasteiger partial charge is 0.411 e. The molecule has 1 saturated carbocycles. The highest BCUT2D eigenvalue weighted by Gasteiger charge is 2.56. The van der Waals surface area contributed by atoms with Crippen LogP contribution in [0, 0.1) is 5.92 Å². The standard InChI is InChI=1S/C13H23NO5/c1-12(2,3)19-11(17)14(4)13(8-18-5,10(15)16)9-6-7-9/h9H,6-8H2,1-5H3,(H,15,16). The molecule has 6 nitrogen and oxygen atoms in total. The number of amides is 1. The Hall–Kier alpha value is -1.30. The van der Waals surface area contributed by atoms with Crippen molar-refractivity contribution in [1.29, 1.82) is 0 Å². The Bertz CT molecular complexity index is 359. The van der Waals surface area contributed by atoms with Gasteiger partial charge >= 0.3 is 12.1 Å². The van der Waals surface area contributed by atoms with Crippen LogP contribution in [0.4, 0.5) is 4.79 Å². The van der Waals surface area contributed by atoms with Crippen molar-refractivity contribution in [1.82, 2.24) is 4.90 Å². The highest BCUT2D eigenvalue weighted by atomic mass is 16.6. The minimum Gasteiger partial charge on any atom is -0.479 e. The van der Waals surface area contributed by atoms with Crippen LogP contribution in [0.3, 0.4) is 0 Å². The maximum atomic E-state index is 12.1. The number of hydrogen-bond acceptors (Lipinski definition) is 4. The predicted molar refractivity (Wildman–Crippen MR) is 69.0 cm³/mol. The number of ether oxygens (including phenoxy) is 2. The fraction of sp³-hybridized carbons (Fsp3) is 0.846. The van der Waals surface area contributed by atoms with Gasteiger partial charge in [-0.25, -0.2) is 9.59 Å². The molecule has 0 aromatic carbocycles. The van der Waals surface area contributed by atoms with E-state index in [-0.39, 0.29) is 12.5 Å². The Labute approximate surface area is 113 Å². The number of likely N-dealkylation sites (N-methyl/N-ethyl adjacent to an activating group) is 1. The lowest BCUT2D eigenvalue weighted by Gasteiger charge is -2.38. The van der Waals surface area contributed by atoms with Gasteiger partial charge in [-0.1, -0.05) is 0 Å². The molecule has 1 N–H and O–H groups in total. The lowest BCUT2D eigenvalue weighted by Crippen LogP contribution is -2.60. The third-order valence-electron chi connectivity index (χ3n) is 3.25. The molecule has 0 spiro atoms. The zero-order chi connectivity index (χ0) is 14.8. The summed E-state index contributed by atoms with van der Waals surface area (Å²) < 4.78 is 10.3. The third kappa shape index (κ3) is 3.37. The number of carboxylic acids is 1. The van der Waals surface area contributed by atoms with Gasteiger partial charge in [-0.3, -0.25) is 4.90 Å². The zero-order valence-corrected chi connectivity index (χ0v) is 12.2. The lowest BCUT2D eigenvalue weighted by molar-refractivity contribution is -0.156. The van der Waals surface area contributed by atoms with E-state index in [4.69, 9.17) is 9.47 Å². The Kier molecular flexibility index (Phi) is 4.45. The SMILES string of the molecule is COCC(C(=O)O)(C1CC1)N(C)C(=O)OC(C)(C)C. The second-order valence-corrected chi connectivity index (χ2v) is 5.98. The van der Waals surface area contributed by atoms with Crippen LogP contribution in [0.25, 0.3) is 0 Å². The number of hydrogen-bond donors (Lipinski definition) is 1. The van der Waals surface area contributed by atoms with Crippen molar-refractivity contribution in [3.63, 3.8) is 0 Å². The van der Waals surface area contributed by atoms with Crippen molar-refractivity contribution in [3.8, 4) is 0 Å². The first kappa shape index (κ1) is 15.8. The van der Waals surface area contributed by atoms with E-state index in [1.165, 1.54) is 19.1 Å². The van der Waals surface area contributed by atoms with Crippen LogP contribution in [0.5, 0.6) is 0 Å². The Morgan fingerprint density at radius 1 is 1.32 bits per heavy atom. The van der Waals surface area contributed by atoms with Crippen molar-refractivity contribution in [2.24, 2.45) is 5.92 Å². The van der Waals surface area contributed by atoms with E-state index in [0.717, 1.165) is 12.8 Å². The molecule has 0 bridgehead atoms. The second kappa shape index (κ2) is 5.36. The number of carbonyl (C=O) groups is 2. The number of aliphatic carboxylic acids is 1. The minimum absolute atomic E-state index is 0.0389. The normalized spacial score (nSPS) is 18.6. The maximum absolute atomic E-state index is 12.1. The van der Waals surface area contributed by atoms with E-state index in [1.54, 1.807) is 20.8 Å². The van der Waals surface area contributed by atoms with Crippen LogP contribution in [0.1, 0.15) is 33.6 Å². The number of methoxy groups -OCH3 is 1. The van der Waals surface area contributed by atoms with Gasteiger partial charge in [-0.05, 0) is 39.5 Å². The summed E-state index contributed by atoms with van der Waals surface area (Å²) in [6.07, 6.45) is 0.921. The number of carboxylic acid groups (broad SMARTS) is 1. The maximum Gasteiger partial charge on any atom is 0.411 e. The molecule has 1 aliphatic carbocycles. The summed E-state index contributed by atoms with van der Waals surface area (Å²) in [6, 6.07) is 0. The van der Waals surface area contributed by atoms with Gasteiger partial charge in [0, 0.05) is 14.2 Å². The van der Waals surface area contributed by atoms with Gasteiger partial charge in [0.15, 0.2) is 5.54 Å². The van der Waals surface area contributed by atoms with Crippen molar-refractivity contribution >= 4 is 12.1 Å². The Balaban J connectivity index is 2.97. The zero-order valence-electron chi connectivity index (χ0n) is 12.2. The van der Waals surface area contributed by atoms with Crippen LogP contribution in [-0.2, 0) is 14.3 Å². The fourth-order valence-corrected chi connectivity index (χ4v) is 2.14. The largest absolute Gasteiger partial charge is 0.479 e. The van der Waals surface area contributed by atoms with Gasteiger partial charge < -0.3 is 14.6 Å². The first-order valence-electron chi connectivity index (χ1n) is 6.34.